The highest BCUT2D eigenvalue weighted by molar-refractivity contribution is 7.15. The topological polar surface area (TPSA) is 118 Å². The number of esters is 1. The predicted molar refractivity (Wildman–Crippen MR) is 89.5 cm³/mol. The summed E-state index contributed by atoms with van der Waals surface area (Å²) in [5, 5.41) is 13.2. The zero-order chi connectivity index (χ0) is 18.4. The van der Waals surface area contributed by atoms with Crippen LogP contribution in [-0.4, -0.2) is 57.3 Å². The van der Waals surface area contributed by atoms with Gasteiger partial charge in [0.2, 0.25) is 0 Å². The summed E-state index contributed by atoms with van der Waals surface area (Å²) in [5.41, 5.74) is 0. The number of nitro groups is 1. The van der Waals surface area contributed by atoms with Crippen molar-refractivity contribution in [1.29, 1.82) is 0 Å². The van der Waals surface area contributed by atoms with Crippen LogP contribution in [0.25, 0.3) is 0 Å². The van der Waals surface area contributed by atoms with Crippen molar-refractivity contribution in [2.45, 2.75) is 26.3 Å². The average molecular weight is 390 g/mol. The minimum absolute atomic E-state index is 0.0981. The number of ether oxygens (including phenoxy) is 1. The fraction of sp³-hybridized carbons (Fsp3) is 0.538. The van der Waals surface area contributed by atoms with Crippen molar-refractivity contribution in [3.8, 4) is 0 Å². The van der Waals surface area contributed by atoms with Crippen LogP contribution in [0.3, 0.4) is 0 Å². The van der Waals surface area contributed by atoms with Gasteiger partial charge in [-0.2, -0.15) is 0 Å². The Morgan fingerprint density at radius 3 is 2.88 bits per heavy atom. The van der Waals surface area contributed by atoms with Crippen molar-refractivity contribution in [3.63, 3.8) is 0 Å². The Kier molecular flexibility index (Phi) is 6.65. The van der Waals surface area contributed by atoms with Crippen molar-refractivity contribution in [2.24, 2.45) is 5.10 Å². The molecule has 0 saturated carbocycles. The Balaban J connectivity index is 2.11. The third kappa shape index (κ3) is 5.10. The van der Waals surface area contributed by atoms with Crippen molar-refractivity contribution < 1.29 is 19.4 Å². The van der Waals surface area contributed by atoms with Gasteiger partial charge in [0.25, 0.3) is 5.96 Å². The van der Waals surface area contributed by atoms with Gasteiger partial charge in [-0.1, -0.05) is 24.9 Å². The highest BCUT2D eigenvalue weighted by atomic mass is 35.5. The van der Waals surface area contributed by atoms with E-state index in [9.17, 15) is 19.7 Å². The fourth-order valence-electron chi connectivity index (χ4n) is 2.15. The molecule has 1 saturated heterocycles. The third-order valence-corrected chi connectivity index (χ3v) is 4.41. The molecule has 1 amide bonds. The number of rotatable bonds is 6. The molecule has 1 aliphatic rings. The predicted octanol–water partition coefficient (Wildman–Crippen LogP) is 1.33. The molecule has 1 fully saturated rings. The molecule has 1 aromatic heterocycles. The van der Waals surface area contributed by atoms with Gasteiger partial charge in [-0.15, -0.1) is 11.3 Å². The second-order valence-electron chi connectivity index (χ2n) is 5.09. The molecule has 0 bridgehead atoms. The molecule has 12 heteroatoms. The molecule has 25 heavy (non-hydrogen) atoms. The second-order valence-corrected chi connectivity index (χ2v) is 6.78. The van der Waals surface area contributed by atoms with Crippen LogP contribution in [0.15, 0.2) is 11.3 Å². The maximum absolute atomic E-state index is 12.2. The fourth-order valence-corrected chi connectivity index (χ4v) is 3.14. The van der Waals surface area contributed by atoms with Gasteiger partial charge in [-0.3, -0.25) is 9.69 Å². The molecule has 0 N–H and O–H groups in total. The molecule has 0 spiro atoms. The van der Waals surface area contributed by atoms with Crippen molar-refractivity contribution in [1.82, 2.24) is 14.8 Å². The van der Waals surface area contributed by atoms with E-state index < -0.39 is 16.9 Å². The third-order valence-electron chi connectivity index (χ3n) is 3.31. The van der Waals surface area contributed by atoms with E-state index >= 15 is 0 Å². The van der Waals surface area contributed by atoms with Crippen molar-refractivity contribution >= 4 is 40.8 Å². The van der Waals surface area contributed by atoms with E-state index in [-0.39, 0.29) is 32.2 Å². The summed E-state index contributed by atoms with van der Waals surface area (Å²) in [6.45, 7) is 2.67. The number of aromatic nitrogens is 1. The van der Waals surface area contributed by atoms with Crippen LogP contribution >= 0.6 is 22.9 Å². The van der Waals surface area contributed by atoms with E-state index in [2.05, 4.69) is 10.1 Å². The summed E-state index contributed by atoms with van der Waals surface area (Å²) in [7, 11) is 0. The molecule has 0 aromatic carbocycles. The highest BCUT2D eigenvalue weighted by Gasteiger charge is 2.38. The lowest BCUT2D eigenvalue weighted by Gasteiger charge is -2.18. The van der Waals surface area contributed by atoms with Gasteiger partial charge in [0.1, 0.15) is 5.10 Å². The molecule has 1 aromatic rings. The van der Waals surface area contributed by atoms with Gasteiger partial charge in [0.15, 0.2) is 9.50 Å². The van der Waals surface area contributed by atoms with Gasteiger partial charge in [-0.05, 0) is 6.42 Å². The van der Waals surface area contributed by atoms with Gasteiger partial charge >= 0.3 is 11.9 Å². The Morgan fingerprint density at radius 2 is 2.28 bits per heavy atom. The largest absolute Gasteiger partial charge is 0.459 e. The Bertz CT molecular complexity index is 694. The van der Waals surface area contributed by atoms with E-state index in [1.165, 1.54) is 16.2 Å². The second kappa shape index (κ2) is 8.72. The molecule has 0 aliphatic carbocycles. The number of thiazole rings is 1. The van der Waals surface area contributed by atoms with E-state index in [0.29, 0.717) is 10.9 Å². The SMILES string of the molecule is CCCCOC(=O)C(=O)N1CCN(Cc2cnc(Cl)s2)/C1=N/[N+](=O)[O-]. The first-order valence-corrected chi connectivity index (χ1v) is 8.68. The Labute approximate surface area is 152 Å². The zero-order valence-corrected chi connectivity index (χ0v) is 15.0. The highest BCUT2D eigenvalue weighted by Crippen LogP contribution is 2.21. The first kappa shape index (κ1) is 19.1. The van der Waals surface area contributed by atoms with E-state index in [1.54, 1.807) is 6.20 Å². The molecule has 1 aliphatic heterocycles. The first-order chi connectivity index (χ1) is 11.9. The van der Waals surface area contributed by atoms with Crippen LogP contribution < -0.4 is 0 Å². The number of guanidine groups is 1. The number of carbonyl (C=O) groups is 2. The van der Waals surface area contributed by atoms with Crippen LogP contribution in [0.4, 0.5) is 0 Å². The van der Waals surface area contributed by atoms with Gasteiger partial charge in [0, 0.05) is 24.2 Å². The lowest BCUT2D eigenvalue weighted by Crippen LogP contribution is -2.42. The number of unbranched alkanes of at least 4 members (excludes halogenated alkanes) is 1. The van der Waals surface area contributed by atoms with Gasteiger partial charge in [-0.25, -0.2) is 19.9 Å². The Morgan fingerprint density at radius 1 is 1.52 bits per heavy atom. The molecular formula is C13H16ClN5O5S. The zero-order valence-electron chi connectivity index (χ0n) is 13.4. The van der Waals surface area contributed by atoms with E-state index in [1.807, 2.05) is 6.92 Å². The Hall–Kier alpha value is -2.27. The first-order valence-electron chi connectivity index (χ1n) is 7.49. The average Bonchev–Trinajstić information content (AvgIpc) is 3.13. The maximum atomic E-state index is 12.2. The van der Waals surface area contributed by atoms with Crippen molar-refractivity contribution in [3.05, 3.63) is 25.7 Å². The van der Waals surface area contributed by atoms with Crippen molar-refractivity contribution in [2.75, 3.05) is 19.7 Å². The van der Waals surface area contributed by atoms with Crippen LogP contribution in [0.2, 0.25) is 4.47 Å². The van der Waals surface area contributed by atoms with Gasteiger partial charge in [0.05, 0.1) is 13.2 Å². The summed E-state index contributed by atoms with van der Waals surface area (Å²) < 4.78 is 5.21. The van der Waals surface area contributed by atoms with E-state index in [0.717, 1.165) is 16.2 Å². The van der Waals surface area contributed by atoms with Crippen LogP contribution in [0.5, 0.6) is 0 Å². The number of amides is 1. The number of hydrogen-bond donors (Lipinski definition) is 0. The summed E-state index contributed by atoms with van der Waals surface area (Å²) in [6.07, 6.45) is 2.98. The number of hydrogen-bond acceptors (Lipinski definition) is 7. The molecule has 10 nitrogen and oxygen atoms in total. The molecule has 0 radical (unpaired) electrons. The molecule has 0 atom stereocenters. The normalized spacial score (nSPS) is 15.7. The lowest BCUT2D eigenvalue weighted by molar-refractivity contribution is -0.486. The number of hydrazone groups is 1. The number of nitrogens with zero attached hydrogens (tertiary/aromatic N) is 5. The minimum atomic E-state index is -1.05. The summed E-state index contributed by atoms with van der Waals surface area (Å²) in [5.74, 6) is -2.22. The summed E-state index contributed by atoms with van der Waals surface area (Å²) in [6, 6.07) is 0. The monoisotopic (exact) mass is 389 g/mol. The number of halogens is 1. The van der Waals surface area contributed by atoms with Gasteiger partial charge < -0.3 is 9.64 Å². The molecular weight excluding hydrogens is 374 g/mol. The minimum Gasteiger partial charge on any atom is -0.459 e. The molecule has 136 valence electrons. The lowest BCUT2D eigenvalue weighted by atomic mass is 10.4. The van der Waals surface area contributed by atoms with E-state index in [4.69, 9.17) is 16.3 Å². The maximum Gasteiger partial charge on any atom is 0.397 e. The quantitative estimate of drug-likeness (QED) is 0.237. The summed E-state index contributed by atoms with van der Waals surface area (Å²) >= 11 is 6.99. The van der Waals surface area contributed by atoms with Crippen LogP contribution in [0.1, 0.15) is 24.6 Å². The molecule has 2 rings (SSSR count). The molecule has 0 unspecified atom stereocenters. The van der Waals surface area contributed by atoms with Crippen LogP contribution in [0, 0.1) is 10.1 Å². The number of carbonyl (C=O) groups excluding carboxylic acids is 2. The smallest absolute Gasteiger partial charge is 0.397 e. The summed E-state index contributed by atoms with van der Waals surface area (Å²) in [4.78, 5) is 42.0. The van der Waals surface area contributed by atoms with Crippen LogP contribution in [-0.2, 0) is 20.9 Å². The molecule has 2 heterocycles. The standard InChI is InChI=1S/C13H16ClN5O5S/c1-2-3-6-24-11(21)10(20)18-5-4-17(13(18)16-19(22)23)8-9-7-15-12(14)25-9/h7H,2-6,8H2,1H3/b16-13-.